The van der Waals surface area contributed by atoms with Gasteiger partial charge in [0.25, 0.3) is 0 Å². The van der Waals surface area contributed by atoms with Crippen molar-refractivity contribution < 1.29 is 4.79 Å². The van der Waals surface area contributed by atoms with Crippen molar-refractivity contribution >= 4 is 5.78 Å². The molecule has 1 nitrogen and oxygen atoms in total. The molecule has 13 heavy (non-hydrogen) atoms. The molecule has 66 valence electrons. The third-order valence-electron chi connectivity index (χ3n) is 2.48. The second-order valence-electron chi connectivity index (χ2n) is 3.41. The van der Waals surface area contributed by atoms with Crippen molar-refractivity contribution in [1.29, 1.82) is 0 Å². The summed E-state index contributed by atoms with van der Waals surface area (Å²) in [4.78, 5) is 11.4. The zero-order valence-electron chi connectivity index (χ0n) is 7.55. The third kappa shape index (κ3) is 1.42. The maximum atomic E-state index is 11.4. The summed E-state index contributed by atoms with van der Waals surface area (Å²) in [6, 6.07) is 6.16. The van der Waals surface area contributed by atoms with Crippen molar-refractivity contribution in [3.63, 3.8) is 0 Å². The SMILES string of the molecule is C=CCc1ccc2c(c1)C(=O)CC2. The third-order valence-corrected chi connectivity index (χ3v) is 2.48. The molecule has 1 aliphatic carbocycles. The van der Waals surface area contributed by atoms with E-state index in [2.05, 4.69) is 18.7 Å². The van der Waals surface area contributed by atoms with Crippen LogP contribution in [0, 0.1) is 0 Å². The lowest BCUT2D eigenvalue weighted by molar-refractivity contribution is 0.0994. The number of fused-ring (bicyclic) bond motifs is 1. The van der Waals surface area contributed by atoms with Crippen LogP contribution >= 0.6 is 0 Å². The van der Waals surface area contributed by atoms with Gasteiger partial charge in [-0.15, -0.1) is 6.58 Å². The quantitative estimate of drug-likeness (QED) is 0.626. The molecule has 0 atom stereocenters. The van der Waals surface area contributed by atoms with Gasteiger partial charge in [-0.05, 0) is 30.0 Å². The Morgan fingerprint density at radius 2 is 2.23 bits per heavy atom. The molecule has 1 aromatic carbocycles. The maximum Gasteiger partial charge on any atom is 0.163 e. The van der Waals surface area contributed by atoms with Crippen molar-refractivity contribution in [3.8, 4) is 0 Å². The summed E-state index contributed by atoms with van der Waals surface area (Å²) in [5.41, 5.74) is 3.32. The molecule has 0 unspecified atom stereocenters. The lowest BCUT2D eigenvalue weighted by atomic mass is 10.0. The molecule has 0 amide bonds. The highest BCUT2D eigenvalue weighted by atomic mass is 16.1. The Morgan fingerprint density at radius 1 is 1.38 bits per heavy atom. The molecular weight excluding hydrogens is 160 g/mol. The summed E-state index contributed by atoms with van der Waals surface area (Å²) < 4.78 is 0. The van der Waals surface area contributed by atoms with Gasteiger partial charge in [-0.1, -0.05) is 18.2 Å². The summed E-state index contributed by atoms with van der Waals surface area (Å²) in [6.45, 7) is 3.68. The Balaban J connectivity index is 2.41. The molecular formula is C12H12O. The monoisotopic (exact) mass is 172 g/mol. The van der Waals surface area contributed by atoms with Crippen molar-refractivity contribution in [2.45, 2.75) is 19.3 Å². The van der Waals surface area contributed by atoms with E-state index in [1.807, 2.05) is 12.1 Å². The normalized spacial score (nSPS) is 14.3. The van der Waals surface area contributed by atoms with Gasteiger partial charge in [-0.25, -0.2) is 0 Å². The van der Waals surface area contributed by atoms with Crippen molar-refractivity contribution in [2.75, 3.05) is 0 Å². The van der Waals surface area contributed by atoms with E-state index in [4.69, 9.17) is 0 Å². The smallest absolute Gasteiger partial charge is 0.163 e. The van der Waals surface area contributed by atoms with Gasteiger partial charge in [-0.2, -0.15) is 0 Å². The maximum absolute atomic E-state index is 11.4. The molecule has 0 aromatic heterocycles. The van der Waals surface area contributed by atoms with Gasteiger partial charge in [-0.3, -0.25) is 4.79 Å². The van der Waals surface area contributed by atoms with E-state index in [9.17, 15) is 4.79 Å². The fraction of sp³-hybridized carbons (Fsp3) is 0.250. The Kier molecular flexibility index (Phi) is 2.01. The van der Waals surface area contributed by atoms with E-state index in [0.29, 0.717) is 12.2 Å². The van der Waals surface area contributed by atoms with Gasteiger partial charge in [0.1, 0.15) is 0 Å². The number of allylic oxidation sites excluding steroid dienone is 1. The minimum Gasteiger partial charge on any atom is -0.294 e. The minimum atomic E-state index is 0.293. The number of hydrogen-bond donors (Lipinski definition) is 0. The summed E-state index contributed by atoms with van der Waals surface area (Å²) in [5.74, 6) is 0.293. The summed E-state index contributed by atoms with van der Waals surface area (Å²) in [7, 11) is 0. The number of benzene rings is 1. The molecule has 0 bridgehead atoms. The number of aryl methyl sites for hydroxylation is 1. The highest BCUT2D eigenvalue weighted by molar-refractivity contribution is 6.00. The van der Waals surface area contributed by atoms with Crippen LogP contribution in [0.4, 0.5) is 0 Å². The zero-order chi connectivity index (χ0) is 9.26. The Morgan fingerprint density at radius 3 is 3.00 bits per heavy atom. The van der Waals surface area contributed by atoms with Gasteiger partial charge in [0.05, 0.1) is 0 Å². The summed E-state index contributed by atoms with van der Waals surface area (Å²) in [5, 5.41) is 0. The number of ketones is 1. The Labute approximate surface area is 78.1 Å². The standard InChI is InChI=1S/C12H12O/c1-2-3-9-4-5-10-6-7-12(13)11(10)8-9/h2,4-5,8H,1,3,6-7H2. The number of Topliss-reactive ketones (excluding diaryl/α,β-unsaturated/α-hetero) is 1. The molecule has 1 heteroatoms. The first-order valence-corrected chi connectivity index (χ1v) is 4.57. The largest absolute Gasteiger partial charge is 0.294 e. The van der Waals surface area contributed by atoms with E-state index in [0.717, 1.165) is 18.4 Å². The van der Waals surface area contributed by atoms with Crippen molar-refractivity contribution in [2.24, 2.45) is 0 Å². The molecule has 0 saturated heterocycles. The van der Waals surface area contributed by atoms with E-state index in [1.54, 1.807) is 0 Å². The van der Waals surface area contributed by atoms with Gasteiger partial charge in [0.2, 0.25) is 0 Å². The first kappa shape index (κ1) is 8.24. The highest BCUT2D eigenvalue weighted by Gasteiger charge is 2.18. The van der Waals surface area contributed by atoms with Crippen LogP contribution in [0.5, 0.6) is 0 Å². The van der Waals surface area contributed by atoms with Gasteiger partial charge in [0, 0.05) is 12.0 Å². The zero-order valence-corrected chi connectivity index (χ0v) is 7.55. The fourth-order valence-electron chi connectivity index (χ4n) is 1.78. The Bertz CT molecular complexity index is 363. The molecule has 0 spiro atoms. The molecule has 0 radical (unpaired) electrons. The molecule has 1 aliphatic rings. The van der Waals surface area contributed by atoms with Gasteiger partial charge < -0.3 is 0 Å². The second-order valence-corrected chi connectivity index (χ2v) is 3.41. The van der Waals surface area contributed by atoms with Crippen LogP contribution in [-0.2, 0) is 12.8 Å². The average Bonchev–Trinajstić information content (AvgIpc) is 2.49. The fourth-order valence-corrected chi connectivity index (χ4v) is 1.78. The predicted molar refractivity (Wildman–Crippen MR) is 53.0 cm³/mol. The van der Waals surface area contributed by atoms with Crippen LogP contribution in [-0.4, -0.2) is 5.78 Å². The van der Waals surface area contributed by atoms with E-state index in [-0.39, 0.29) is 0 Å². The first-order valence-electron chi connectivity index (χ1n) is 4.57. The van der Waals surface area contributed by atoms with E-state index < -0.39 is 0 Å². The Hall–Kier alpha value is -1.37. The molecule has 1 aromatic rings. The van der Waals surface area contributed by atoms with Gasteiger partial charge in [0.15, 0.2) is 5.78 Å². The number of carbonyl (C=O) groups excluding carboxylic acids is 1. The highest BCUT2D eigenvalue weighted by Crippen LogP contribution is 2.23. The van der Waals surface area contributed by atoms with Crippen LogP contribution in [0.1, 0.15) is 27.9 Å². The first-order chi connectivity index (χ1) is 6.31. The van der Waals surface area contributed by atoms with Crippen molar-refractivity contribution in [1.82, 2.24) is 0 Å². The molecule has 0 fully saturated rings. The molecule has 0 saturated carbocycles. The average molecular weight is 172 g/mol. The second kappa shape index (κ2) is 3.17. The molecule has 0 aliphatic heterocycles. The molecule has 0 N–H and O–H groups in total. The van der Waals surface area contributed by atoms with Crippen LogP contribution in [0.25, 0.3) is 0 Å². The number of carbonyl (C=O) groups is 1. The van der Waals surface area contributed by atoms with Gasteiger partial charge >= 0.3 is 0 Å². The minimum absolute atomic E-state index is 0.293. The van der Waals surface area contributed by atoms with Crippen LogP contribution in [0.3, 0.4) is 0 Å². The summed E-state index contributed by atoms with van der Waals surface area (Å²) >= 11 is 0. The topological polar surface area (TPSA) is 17.1 Å². The molecule has 0 heterocycles. The van der Waals surface area contributed by atoms with Crippen LogP contribution in [0.15, 0.2) is 30.9 Å². The predicted octanol–water partition coefficient (Wildman–Crippen LogP) is 2.54. The lowest BCUT2D eigenvalue weighted by Gasteiger charge is -2.00. The molecule has 2 rings (SSSR count). The van der Waals surface area contributed by atoms with E-state index in [1.165, 1.54) is 11.1 Å². The van der Waals surface area contributed by atoms with Crippen LogP contribution < -0.4 is 0 Å². The lowest BCUT2D eigenvalue weighted by Crippen LogP contribution is -1.92. The summed E-state index contributed by atoms with van der Waals surface area (Å²) in [6.07, 6.45) is 4.32. The number of rotatable bonds is 2. The van der Waals surface area contributed by atoms with Crippen LogP contribution in [0.2, 0.25) is 0 Å². The number of hydrogen-bond acceptors (Lipinski definition) is 1. The van der Waals surface area contributed by atoms with E-state index >= 15 is 0 Å². The van der Waals surface area contributed by atoms with Crippen molar-refractivity contribution in [3.05, 3.63) is 47.5 Å².